The van der Waals surface area contributed by atoms with Crippen LogP contribution in [0.4, 0.5) is 5.69 Å². The first-order chi connectivity index (χ1) is 12.4. The number of carbonyl (C=O) groups excluding carboxylic acids is 1. The lowest BCUT2D eigenvalue weighted by molar-refractivity contribution is -0.117. The smallest absolute Gasteiger partial charge is 0.243 e. The average Bonchev–Trinajstić information content (AvgIpc) is 3.28. The first kappa shape index (κ1) is 18.6. The maximum atomic E-state index is 12.6. The number of hydrogen-bond acceptors (Lipinski definition) is 5. The Morgan fingerprint density at radius 2 is 2.00 bits per heavy atom. The van der Waals surface area contributed by atoms with Crippen molar-refractivity contribution in [3.63, 3.8) is 0 Å². The van der Waals surface area contributed by atoms with Gasteiger partial charge in [-0.3, -0.25) is 9.69 Å². The minimum absolute atomic E-state index is 0.170. The quantitative estimate of drug-likeness (QED) is 0.799. The van der Waals surface area contributed by atoms with Crippen molar-refractivity contribution in [1.29, 1.82) is 0 Å². The fraction of sp³-hybridized carbons (Fsp3) is 0.389. The van der Waals surface area contributed by atoms with Gasteiger partial charge in [-0.05, 0) is 50.2 Å². The maximum Gasteiger partial charge on any atom is 0.243 e. The Balaban J connectivity index is 1.62. The molecule has 7 nitrogen and oxygen atoms in total. The largest absolute Gasteiger partial charge is 0.468 e. The number of rotatable bonds is 7. The Bertz CT molecular complexity index is 843. The zero-order valence-corrected chi connectivity index (χ0v) is 15.5. The molecule has 0 unspecified atom stereocenters. The van der Waals surface area contributed by atoms with E-state index in [1.165, 1.54) is 10.4 Å². The second-order valence-electron chi connectivity index (χ2n) is 6.44. The fourth-order valence-electron chi connectivity index (χ4n) is 2.98. The van der Waals surface area contributed by atoms with Crippen molar-refractivity contribution in [3.8, 4) is 0 Å². The Morgan fingerprint density at radius 3 is 2.69 bits per heavy atom. The van der Waals surface area contributed by atoms with Gasteiger partial charge in [-0.2, -0.15) is 4.31 Å². The molecule has 0 aliphatic carbocycles. The van der Waals surface area contributed by atoms with Crippen molar-refractivity contribution in [1.82, 2.24) is 9.21 Å². The minimum atomic E-state index is -3.50. The van der Waals surface area contributed by atoms with Crippen LogP contribution in [0.2, 0.25) is 0 Å². The summed E-state index contributed by atoms with van der Waals surface area (Å²) in [6.07, 6.45) is 3.37. The Kier molecular flexibility index (Phi) is 5.75. The molecule has 3 rings (SSSR count). The minimum Gasteiger partial charge on any atom is -0.468 e. The van der Waals surface area contributed by atoms with Crippen molar-refractivity contribution >= 4 is 21.6 Å². The molecule has 0 bridgehead atoms. The highest BCUT2D eigenvalue weighted by atomic mass is 32.2. The summed E-state index contributed by atoms with van der Waals surface area (Å²) in [5.41, 5.74) is 0.474. The molecule has 2 heterocycles. The van der Waals surface area contributed by atoms with Crippen LogP contribution in [0.25, 0.3) is 0 Å². The first-order valence-electron chi connectivity index (χ1n) is 8.56. The van der Waals surface area contributed by atoms with Crippen LogP contribution in [0, 0.1) is 0 Å². The van der Waals surface area contributed by atoms with Gasteiger partial charge in [0.05, 0.1) is 24.2 Å². The molecule has 1 aromatic carbocycles. The van der Waals surface area contributed by atoms with E-state index in [0.717, 1.165) is 18.6 Å². The number of nitrogens with zero attached hydrogens (tertiary/aromatic N) is 2. The van der Waals surface area contributed by atoms with Gasteiger partial charge in [0.15, 0.2) is 0 Å². The summed E-state index contributed by atoms with van der Waals surface area (Å²) in [4.78, 5) is 14.3. The topological polar surface area (TPSA) is 82.9 Å². The summed E-state index contributed by atoms with van der Waals surface area (Å²) >= 11 is 0. The second kappa shape index (κ2) is 8.03. The number of sulfonamides is 1. The SMILES string of the molecule is CN(CC(=O)Nc1cccc(S(=O)(=O)N2CCCC2)c1)Cc1ccco1. The van der Waals surface area contributed by atoms with Crippen LogP contribution in [0.5, 0.6) is 0 Å². The van der Waals surface area contributed by atoms with E-state index in [-0.39, 0.29) is 17.3 Å². The van der Waals surface area contributed by atoms with Gasteiger partial charge < -0.3 is 9.73 Å². The van der Waals surface area contributed by atoms with E-state index in [4.69, 9.17) is 4.42 Å². The predicted octanol–water partition coefficient (Wildman–Crippen LogP) is 2.13. The third-order valence-corrected chi connectivity index (χ3v) is 6.13. The Hall–Kier alpha value is -2.16. The number of nitrogens with one attached hydrogen (secondary N) is 1. The van der Waals surface area contributed by atoms with Crippen molar-refractivity contribution < 1.29 is 17.6 Å². The third kappa shape index (κ3) is 4.51. The highest BCUT2D eigenvalue weighted by Gasteiger charge is 2.27. The Morgan fingerprint density at radius 1 is 1.23 bits per heavy atom. The summed E-state index contributed by atoms with van der Waals surface area (Å²) in [7, 11) is -1.68. The maximum absolute atomic E-state index is 12.6. The van der Waals surface area contributed by atoms with Crippen LogP contribution in [0.1, 0.15) is 18.6 Å². The molecular weight excluding hydrogens is 354 g/mol. The predicted molar refractivity (Wildman–Crippen MR) is 98.1 cm³/mol. The van der Waals surface area contributed by atoms with Crippen LogP contribution in [-0.4, -0.2) is 50.2 Å². The number of furan rings is 1. The van der Waals surface area contributed by atoms with E-state index in [2.05, 4.69) is 5.32 Å². The molecule has 0 atom stereocenters. The first-order valence-corrected chi connectivity index (χ1v) is 10.00. The summed E-state index contributed by atoms with van der Waals surface area (Å²) in [5, 5.41) is 2.76. The van der Waals surface area contributed by atoms with Crippen LogP contribution in [0.15, 0.2) is 52.0 Å². The lowest BCUT2D eigenvalue weighted by Crippen LogP contribution is -2.30. The van der Waals surface area contributed by atoms with Gasteiger partial charge in [0.2, 0.25) is 15.9 Å². The van der Waals surface area contributed by atoms with E-state index >= 15 is 0 Å². The van der Waals surface area contributed by atoms with E-state index in [1.807, 2.05) is 18.0 Å². The van der Waals surface area contributed by atoms with E-state index in [1.54, 1.807) is 30.5 Å². The van der Waals surface area contributed by atoms with Crippen LogP contribution in [0.3, 0.4) is 0 Å². The number of likely N-dealkylation sites (N-methyl/N-ethyl adjacent to an activating group) is 1. The van der Waals surface area contributed by atoms with Crippen LogP contribution >= 0.6 is 0 Å². The van der Waals surface area contributed by atoms with Crippen LogP contribution < -0.4 is 5.32 Å². The monoisotopic (exact) mass is 377 g/mol. The zero-order chi connectivity index (χ0) is 18.6. The van der Waals surface area contributed by atoms with Gasteiger partial charge in [0.1, 0.15) is 5.76 Å². The molecule has 0 radical (unpaired) electrons. The third-order valence-electron chi connectivity index (χ3n) is 4.24. The zero-order valence-electron chi connectivity index (χ0n) is 14.7. The highest BCUT2D eigenvalue weighted by molar-refractivity contribution is 7.89. The van der Waals surface area contributed by atoms with E-state index in [9.17, 15) is 13.2 Å². The van der Waals surface area contributed by atoms with Gasteiger partial charge >= 0.3 is 0 Å². The number of carbonyl (C=O) groups is 1. The molecule has 0 spiro atoms. The van der Waals surface area contributed by atoms with Gasteiger partial charge in [0, 0.05) is 18.8 Å². The van der Waals surface area contributed by atoms with Crippen molar-refractivity contribution in [3.05, 3.63) is 48.4 Å². The summed E-state index contributed by atoms with van der Waals surface area (Å²) in [6.45, 7) is 1.79. The molecule has 1 fully saturated rings. The van der Waals surface area contributed by atoms with Gasteiger partial charge in [-0.1, -0.05) is 6.07 Å². The molecule has 1 aromatic heterocycles. The lowest BCUT2D eigenvalue weighted by Gasteiger charge is -2.17. The number of amides is 1. The van der Waals surface area contributed by atoms with Crippen molar-refractivity contribution in [2.24, 2.45) is 0 Å². The number of anilines is 1. The van der Waals surface area contributed by atoms with Gasteiger partial charge in [-0.25, -0.2) is 8.42 Å². The van der Waals surface area contributed by atoms with Gasteiger partial charge in [-0.15, -0.1) is 0 Å². The molecule has 1 aliphatic rings. The highest BCUT2D eigenvalue weighted by Crippen LogP contribution is 2.23. The van der Waals surface area contributed by atoms with Crippen molar-refractivity contribution in [2.75, 3.05) is 32.0 Å². The normalized spacial score (nSPS) is 15.5. The lowest BCUT2D eigenvalue weighted by atomic mass is 10.3. The molecule has 1 N–H and O–H groups in total. The standard InChI is InChI=1S/C18H23N3O4S/c1-20(13-16-7-5-11-25-16)14-18(22)19-15-6-4-8-17(12-15)26(23,24)21-9-2-3-10-21/h4-8,11-12H,2-3,9-10,13-14H2,1H3,(H,19,22). The molecule has 2 aromatic rings. The van der Waals surface area contributed by atoms with Crippen molar-refractivity contribution in [2.45, 2.75) is 24.3 Å². The molecule has 26 heavy (non-hydrogen) atoms. The fourth-order valence-corrected chi connectivity index (χ4v) is 4.55. The molecular formula is C18H23N3O4S. The summed E-state index contributed by atoms with van der Waals surface area (Å²) in [6, 6.07) is 10.1. The molecule has 1 saturated heterocycles. The molecule has 8 heteroatoms. The van der Waals surface area contributed by atoms with Gasteiger partial charge in [0.25, 0.3) is 0 Å². The molecule has 0 saturated carbocycles. The van der Waals surface area contributed by atoms with E-state index < -0.39 is 10.0 Å². The van der Waals surface area contributed by atoms with Crippen LogP contribution in [-0.2, 0) is 21.4 Å². The second-order valence-corrected chi connectivity index (χ2v) is 8.38. The average molecular weight is 377 g/mol. The molecule has 1 amide bonds. The number of hydrogen-bond donors (Lipinski definition) is 1. The Labute approximate surface area is 153 Å². The number of benzene rings is 1. The molecule has 140 valence electrons. The summed E-state index contributed by atoms with van der Waals surface area (Å²) < 4.78 is 32.0. The molecule has 1 aliphatic heterocycles. The summed E-state index contributed by atoms with van der Waals surface area (Å²) in [5.74, 6) is 0.564. The van der Waals surface area contributed by atoms with E-state index in [0.29, 0.717) is 25.3 Å².